The second kappa shape index (κ2) is 7.81. The number of anilines is 1. The Kier molecular flexibility index (Phi) is 5.66. The van der Waals surface area contributed by atoms with Gasteiger partial charge in [0.25, 0.3) is 5.69 Å². The third-order valence-electron chi connectivity index (χ3n) is 5.21. The summed E-state index contributed by atoms with van der Waals surface area (Å²) in [5.41, 5.74) is 0.629. The Labute approximate surface area is 158 Å². The molecule has 0 N–H and O–H groups in total. The van der Waals surface area contributed by atoms with Crippen molar-refractivity contribution in [3.63, 3.8) is 0 Å². The predicted octanol–water partition coefficient (Wildman–Crippen LogP) is 0.915. The molecule has 2 heterocycles. The van der Waals surface area contributed by atoms with E-state index in [1.54, 1.807) is 23.1 Å². The molecule has 0 spiro atoms. The third kappa shape index (κ3) is 4.38. The van der Waals surface area contributed by atoms with Crippen LogP contribution in [-0.4, -0.2) is 74.0 Å². The van der Waals surface area contributed by atoms with Crippen molar-refractivity contribution in [3.05, 3.63) is 34.4 Å². The summed E-state index contributed by atoms with van der Waals surface area (Å²) in [5, 5.41) is 11.2. The number of nitro groups is 1. The van der Waals surface area contributed by atoms with Gasteiger partial charge in [-0.25, -0.2) is 12.7 Å². The topological polar surface area (TPSA) is 104 Å². The Hall–Kier alpha value is -2.20. The van der Waals surface area contributed by atoms with Gasteiger partial charge in [-0.05, 0) is 18.9 Å². The van der Waals surface area contributed by atoms with Gasteiger partial charge in [-0.1, -0.05) is 12.1 Å². The zero-order valence-corrected chi connectivity index (χ0v) is 16.1. The molecule has 1 amide bonds. The number of nitro benzene ring substituents is 1. The van der Waals surface area contributed by atoms with Crippen LogP contribution in [0.1, 0.15) is 12.8 Å². The van der Waals surface area contributed by atoms with E-state index < -0.39 is 14.9 Å². The van der Waals surface area contributed by atoms with Gasteiger partial charge < -0.3 is 9.80 Å². The van der Waals surface area contributed by atoms with E-state index in [1.165, 1.54) is 16.6 Å². The standard InChI is InChI=1S/C17H24N4O5S/c1-27(25,26)20-8-4-5-14(13-20)17(22)19-11-9-18(10-12-19)15-6-2-3-7-16(15)21(23)24/h2-3,6-7,14H,4-5,8-13H2,1H3. The van der Waals surface area contributed by atoms with Gasteiger partial charge in [-0.3, -0.25) is 14.9 Å². The number of amides is 1. The Morgan fingerprint density at radius 2 is 1.81 bits per heavy atom. The molecule has 3 rings (SSSR count). The van der Waals surface area contributed by atoms with E-state index in [4.69, 9.17) is 0 Å². The first-order valence-corrected chi connectivity index (χ1v) is 10.8. The highest BCUT2D eigenvalue weighted by atomic mass is 32.2. The van der Waals surface area contributed by atoms with Crippen molar-refractivity contribution < 1.29 is 18.1 Å². The van der Waals surface area contributed by atoms with Crippen LogP contribution in [0.2, 0.25) is 0 Å². The lowest BCUT2D eigenvalue weighted by Crippen LogP contribution is -2.53. The SMILES string of the molecule is CS(=O)(=O)N1CCCC(C(=O)N2CCN(c3ccccc3[N+](=O)[O-])CC2)C1. The van der Waals surface area contributed by atoms with Crippen molar-refractivity contribution in [3.8, 4) is 0 Å². The Morgan fingerprint density at radius 1 is 1.15 bits per heavy atom. The largest absolute Gasteiger partial charge is 0.362 e. The molecule has 2 saturated heterocycles. The highest BCUT2D eigenvalue weighted by Crippen LogP contribution is 2.29. The summed E-state index contributed by atoms with van der Waals surface area (Å²) in [6.07, 6.45) is 2.54. The highest BCUT2D eigenvalue weighted by Gasteiger charge is 2.34. The van der Waals surface area contributed by atoms with Crippen LogP contribution in [0.4, 0.5) is 11.4 Å². The number of piperidine rings is 1. The number of hydrogen-bond donors (Lipinski definition) is 0. The van der Waals surface area contributed by atoms with Crippen LogP contribution in [-0.2, 0) is 14.8 Å². The fourth-order valence-corrected chi connectivity index (χ4v) is 4.67. The molecular formula is C17H24N4O5S. The molecule has 2 aliphatic rings. The zero-order valence-electron chi connectivity index (χ0n) is 15.3. The van der Waals surface area contributed by atoms with Crippen molar-refractivity contribution in [2.75, 3.05) is 50.4 Å². The second-order valence-electron chi connectivity index (χ2n) is 7.02. The molecule has 0 radical (unpaired) electrons. The number of carbonyl (C=O) groups excluding carboxylic acids is 1. The first kappa shape index (κ1) is 19.6. The molecule has 0 saturated carbocycles. The van der Waals surface area contributed by atoms with Crippen LogP contribution >= 0.6 is 0 Å². The molecule has 0 aromatic heterocycles. The van der Waals surface area contributed by atoms with Crippen molar-refractivity contribution in [2.24, 2.45) is 5.92 Å². The summed E-state index contributed by atoms with van der Waals surface area (Å²) in [5.74, 6) is -0.336. The van der Waals surface area contributed by atoms with Crippen LogP contribution in [0.25, 0.3) is 0 Å². The number of hydrogen-bond acceptors (Lipinski definition) is 6. The normalized spacial score (nSPS) is 21.9. The van der Waals surface area contributed by atoms with Crippen LogP contribution < -0.4 is 4.90 Å². The fourth-order valence-electron chi connectivity index (χ4n) is 3.76. The maximum atomic E-state index is 12.8. The zero-order chi connectivity index (χ0) is 19.6. The first-order chi connectivity index (χ1) is 12.8. The van der Waals surface area contributed by atoms with Gasteiger partial charge in [0, 0.05) is 45.3 Å². The lowest BCUT2D eigenvalue weighted by molar-refractivity contribution is -0.384. The third-order valence-corrected chi connectivity index (χ3v) is 6.48. The number of para-hydroxylation sites is 2. The summed E-state index contributed by atoms with van der Waals surface area (Å²) in [6.45, 7) is 2.68. The number of piperazine rings is 1. The minimum atomic E-state index is -3.29. The predicted molar refractivity (Wildman–Crippen MR) is 101 cm³/mol. The van der Waals surface area contributed by atoms with E-state index in [-0.39, 0.29) is 24.1 Å². The smallest absolute Gasteiger partial charge is 0.292 e. The summed E-state index contributed by atoms with van der Waals surface area (Å²) < 4.78 is 24.9. The molecule has 10 heteroatoms. The minimum absolute atomic E-state index is 0.0226. The second-order valence-corrected chi connectivity index (χ2v) is 9.00. The molecule has 1 atom stereocenters. The number of carbonyl (C=O) groups is 1. The minimum Gasteiger partial charge on any atom is -0.362 e. The number of rotatable bonds is 4. The molecule has 27 heavy (non-hydrogen) atoms. The van der Waals surface area contributed by atoms with E-state index in [9.17, 15) is 23.3 Å². The molecule has 2 aliphatic heterocycles. The summed E-state index contributed by atoms with van der Waals surface area (Å²) in [4.78, 5) is 27.3. The molecule has 1 aromatic carbocycles. The Bertz CT molecular complexity index is 820. The van der Waals surface area contributed by atoms with Gasteiger partial charge in [0.15, 0.2) is 0 Å². The highest BCUT2D eigenvalue weighted by molar-refractivity contribution is 7.88. The van der Waals surface area contributed by atoms with Gasteiger partial charge in [-0.2, -0.15) is 0 Å². The summed E-state index contributed by atoms with van der Waals surface area (Å²) >= 11 is 0. The lowest BCUT2D eigenvalue weighted by atomic mass is 9.97. The fraction of sp³-hybridized carbons (Fsp3) is 0.588. The van der Waals surface area contributed by atoms with Gasteiger partial charge in [0.1, 0.15) is 5.69 Å². The monoisotopic (exact) mass is 396 g/mol. The van der Waals surface area contributed by atoms with E-state index in [2.05, 4.69) is 0 Å². The molecule has 0 bridgehead atoms. The average Bonchev–Trinajstić information content (AvgIpc) is 2.67. The summed E-state index contributed by atoms with van der Waals surface area (Å²) in [7, 11) is -3.29. The van der Waals surface area contributed by atoms with Crippen molar-refractivity contribution >= 4 is 27.3 Å². The van der Waals surface area contributed by atoms with Gasteiger partial charge >= 0.3 is 0 Å². The molecule has 9 nitrogen and oxygen atoms in total. The summed E-state index contributed by atoms with van der Waals surface area (Å²) in [6, 6.07) is 6.61. The molecule has 2 fully saturated rings. The number of sulfonamides is 1. The number of nitrogens with zero attached hydrogens (tertiary/aromatic N) is 4. The van der Waals surface area contributed by atoms with Crippen LogP contribution in [0.15, 0.2) is 24.3 Å². The van der Waals surface area contributed by atoms with E-state index >= 15 is 0 Å². The number of benzene rings is 1. The van der Waals surface area contributed by atoms with Gasteiger partial charge in [-0.15, -0.1) is 0 Å². The maximum Gasteiger partial charge on any atom is 0.292 e. The molecule has 148 valence electrons. The quantitative estimate of drug-likeness (QED) is 0.554. The molecule has 0 aliphatic carbocycles. The van der Waals surface area contributed by atoms with Crippen LogP contribution in [0, 0.1) is 16.0 Å². The van der Waals surface area contributed by atoms with Crippen LogP contribution in [0.5, 0.6) is 0 Å². The van der Waals surface area contributed by atoms with E-state index in [1.807, 2.05) is 4.90 Å². The molecule has 1 aromatic rings. The maximum absolute atomic E-state index is 12.8. The van der Waals surface area contributed by atoms with Crippen molar-refractivity contribution in [2.45, 2.75) is 12.8 Å². The Balaban J connectivity index is 1.62. The lowest BCUT2D eigenvalue weighted by Gasteiger charge is -2.39. The van der Waals surface area contributed by atoms with E-state index in [0.29, 0.717) is 51.3 Å². The molecule has 1 unspecified atom stereocenters. The van der Waals surface area contributed by atoms with Crippen molar-refractivity contribution in [1.82, 2.24) is 9.21 Å². The Morgan fingerprint density at radius 3 is 2.44 bits per heavy atom. The van der Waals surface area contributed by atoms with E-state index in [0.717, 1.165) is 0 Å². The van der Waals surface area contributed by atoms with Gasteiger partial charge in [0.05, 0.1) is 17.1 Å². The van der Waals surface area contributed by atoms with Crippen molar-refractivity contribution in [1.29, 1.82) is 0 Å². The van der Waals surface area contributed by atoms with Crippen LogP contribution in [0.3, 0.4) is 0 Å². The average molecular weight is 396 g/mol. The first-order valence-electron chi connectivity index (χ1n) is 8.99. The molecular weight excluding hydrogens is 372 g/mol. The van der Waals surface area contributed by atoms with Gasteiger partial charge in [0.2, 0.25) is 15.9 Å².